The van der Waals surface area contributed by atoms with E-state index in [1.807, 2.05) is 18.2 Å². The van der Waals surface area contributed by atoms with Crippen molar-refractivity contribution in [2.75, 3.05) is 6.61 Å². The van der Waals surface area contributed by atoms with Crippen molar-refractivity contribution >= 4 is 22.5 Å². The van der Waals surface area contributed by atoms with Gasteiger partial charge in [0.05, 0.1) is 16.6 Å². The quantitative estimate of drug-likeness (QED) is 0.770. The molecule has 3 aromatic rings. The van der Waals surface area contributed by atoms with Crippen LogP contribution in [0.4, 0.5) is 0 Å². The van der Waals surface area contributed by atoms with E-state index in [0.717, 1.165) is 5.56 Å². The average molecular weight is 331 g/mol. The lowest BCUT2D eigenvalue weighted by Crippen LogP contribution is -2.29. The molecule has 1 aromatic heterocycles. The third-order valence-electron chi connectivity index (χ3n) is 3.66. The standard InChI is InChI=1S/C17H15ClN2O3/c18-12-6-7-14-15(10-12)20(17(23)19-16(14)22)13-5-1-3-11(9-13)4-2-8-21/h1,3,5-7,9-10,21H,2,4,8H2,(H,19,22,23). The number of halogens is 1. The number of H-pyrrole nitrogens is 1. The molecule has 0 aliphatic heterocycles. The number of aliphatic hydroxyl groups is 1. The zero-order valence-electron chi connectivity index (χ0n) is 12.3. The number of rotatable bonds is 4. The van der Waals surface area contributed by atoms with Crippen LogP contribution in [0.25, 0.3) is 16.6 Å². The van der Waals surface area contributed by atoms with Crippen LogP contribution in [0.1, 0.15) is 12.0 Å². The average Bonchev–Trinajstić information content (AvgIpc) is 2.53. The molecular formula is C17H15ClN2O3. The van der Waals surface area contributed by atoms with Crippen LogP contribution in [-0.4, -0.2) is 21.3 Å². The largest absolute Gasteiger partial charge is 0.396 e. The third-order valence-corrected chi connectivity index (χ3v) is 3.90. The van der Waals surface area contributed by atoms with Gasteiger partial charge in [-0.2, -0.15) is 0 Å². The number of aromatic nitrogens is 2. The molecule has 3 rings (SSSR count). The molecular weight excluding hydrogens is 316 g/mol. The zero-order chi connectivity index (χ0) is 16.4. The van der Waals surface area contributed by atoms with E-state index in [0.29, 0.717) is 34.5 Å². The lowest BCUT2D eigenvalue weighted by Gasteiger charge is -2.11. The maximum Gasteiger partial charge on any atom is 0.333 e. The molecule has 0 aliphatic rings. The third kappa shape index (κ3) is 3.06. The molecule has 0 amide bonds. The summed E-state index contributed by atoms with van der Waals surface area (Å²) in [7, 11) is 0. The first-order valence-electron chi connectivity index (χ1n) is 7.25. The van der Waals surface area contributed by atoms with E-state index in [2.05, 4.69) is 4.98 Å². The minimum atomic E-state index is -0.510. The Morgan fingerprint density at radius 3 is 2.74 bits per heavy atom. The fraction of sp³-hybridized carbons (Fsp3) is 0.176. The molecule has 0 saturated heterocycles. The second kappa shape index (κ2) is 6.40. The van der Waals surface area contributed by atoms with E-state index in [9.17, 15) is 9.59 Å². The summed E-state index contributed by atoms with van der Waals surface area (Å²) in [6.45, 7) is 0.112. The van der Waals surface area contributed by atoms with Gasteiger partial charge in [0.2, 0.25) is 0 Å². The number of aryl methyl sites for hydroxylation is 1. The van der Waals surface area contributed by atoms with E-state index in [4.69, 9.17) is 16.7 Å². The summed E-state index contributed by atoms with van der Waals surface area (Å²) >= 11 is 6.03. The van der Waals surface area contributed by atoms with Gasteiger partial charge < -0.3 is 5.11 Å². The second-order valence-electron chi connectivity index (χ2n) is 5.25. The van der Waals surface area contributed by atoms with Crippen LogP contribution in [0.2, 0.25) is 5.02 Å². The van der Waals surface area contributed by atoms with Crippen LogP contribution in [0.3, 0.4) is 0 Å². The van der Waals surface area contributed by atoms with Crippen molar-refractivity contribution in [2.24, 2.45) is 0 Å². The SMILES string of the molecule is O=c1[nH]c(=O)n(-c2cccc(CCCO)c2)c2cc(Cl)ccc12. The maximum atomic E-state index is 12.3. The second-order valence-corrected chi connectivity index (χ2v) is 5.69. The van der Waals surface area contributed by atoms with Crippen molar-refractivity contribution in [3.05, 3.63) is 73.9 Å². The molecule has 0 aliphatic carbocycles. The first-order chi connectivity index (χ1) is 11.1. The van der Waals surface area contributed by atoms with E-state index in [1.54, 1.807) is 24.3 Å². The molecule has 2 aromatic carbocycles. The Balaban J connectivity index is 2.26. The van der Waals surface area contributed by atoms with Crippen molar-refractivity contribution in [1.82, 2.24) is 9.55 Å². The number of aromatic amines is 1. The molecule has 23 heavy (non-hydrogen) atoms. The molecule has 0 radical (unpaired) electrons. The number of nitrogens with zero attached hydrogens (tertiary/aromatic N) is 1. The van der Waals surface area contributed by atoms with Gasteiger partial charge in [-0.05, 0) is 48.7 Å². The number of benzene rings is 2. The summed E-state index contributed by atoms with van der Waals surface area (Å²) < 4.78 is 1.44. The van der Waals surface area contributed by atoms with Gasteiger partial charge in [0.25, 0.3) is 5.56 Å². The first-order valence-corrected chi connectivity index (χ1v) is 7.63. The molecule has 2 N–H and O–H groups in total. The summed E-state index contributed by atoms with van der Waals surface area (Å²) in [6.07, 6.45) is 1.36. The Morgan fingerprint density at radius 1 is 1.13 bits per heavy atom. The Kier molecular flexibility index (Phi) is 4.32. The Bertz CT molecular complexity index is 975. The number of aliphatic hydroxyl groups excluding tert-OH is 1. The Hall–Kier alpha value is -2.37. The highest BCUT2D eigenvalue weighted by atomic mass is 35.5. The monoisotopic (exact) mass is 330 g/mol. The lowest BCUT2D eigenvalue weighted by atomic mass is 10.1. The topological polar surface area (TPSA) is 75.1 Å². The molecule has 0 atom stereocenters. The predicted octanol–water partition coefficient (Wildman–Crippen LogP) is 2.26. The first kappa shape index (κ1) is 15.5. The summed E-state index contributed by atoms with van der Waals surface area (Å²) in [4.78, 5) is 26.6. The highest BCUT2D eigenvalue weighted by molar-refractivity contribution is 6.31. The number of hydrogen-bond donors (Lipinski definition) is 2. The molecule has 0 spiro atoms. The van der Waals surface area contributed by atoms with Gasteiger partial charge in [-0.25, -0.2) is 4.79 Å². The highest BCUT2D eigenvalue weighted by Crippen LogP contribution is 2.19. The molecule has 118 valence electrons. The summed E-state index contributed by atoms with van der Waals surface area (Å²) in [5.41, 5.74) is 1.17. The fourth-order valence-corrected chi connectivity index (χ4v) is 2.77. The fourth-order valence-electron chi connectivity index (χ4n) is 2.60. The molecule has 0 bridgehead atoms. The van der Waals surface area contributed by atoms with Crippen molar-refractivity contribution < 1.29 is 5.11 Å². The molecule has 5 nitrogen and oxygen atoms in total. The van der Waals surface area contributed by atoms with Gasteiger partial charge in [-0.15, -0.1) is 0 Å². The minimum Gasteiger partial charge on any atom is -0.396 e. The number of hydrogen-bond acceptors (Lipinski definition) is 3. The predicted molar refractivity (Wildman–Crippen MR) is 90.6 cm³/mol. The van der Waals surface area contributed by atoms with Gasteiger partial charge in [-0.1, -0.05) is 23.7 Å². The van der Waals surface area contributed by atoms with Gasteiger partial charge in [-0.3, -0.25) is 14.3 Å². The van der Waals surface area contributed by atoms with Crippen LogP contribution < -0.4 is 11.2 Å². The summed E-state index contributed by atoms with van der Waals surface area (Å²) in [5, 5.41) is 9.80. The highest BCUT2D eigenvalue weighted by Gasteiger charge is 2.10. The number of nitrogens with one attached hydrogen (secondary N) is 1. The lowest BCUT2D eigenvalue weighted by molar-refractivity contribution is 0.288. The molecule has 0 fully saturated rings. The van der Waals surface area contributed by atoms with E-state index in [1.165, 1.54) is 4.57 Å². The molecule has 0 unspecified atom stereocenters. The van der Waals surface area contributed by atoms with Gasteiger partial charge in [0.1, 0.15) is 0 Å². The van der Waals surface area contributed by atoms with Gasteiger partial charge >= 0.3 is 5.69 Å². The van der Waals surface area contributed by atoms with Crippen LogP contribution >= 0.6 is 11.6 Å². The van der Waals surface area contributed by atoms with E-state index in [-0.39, 0.29) is 6.61 Å². The number of fused-ring (bicyclic) bond motifs is 1. The summed E-state index contributed by atoms with van der Waals surface area (Å²) in [5.74, 6) is 0. The van der Waals surface area contributed by atoms with Gasteiger partial charge in [0, 0.05) is 11.6 Å². The van der Waals surface area contributed by atoms with Crippen molar-refractivity contribution in [1.29, 1.82) is 0 Å². The zero-order valence-corrected chi connectivity index (χ0v) is 13.0. The van der Waals surface area contributed by atoms with Crippen LogP contribution in [0.15, 0.2) is 52.1 Å². The smallest absolute Gasteiger partial charge is 0.333 e. The Labute approximate surface area is 136 Å². The van der Waals surface area contributed by atoms with Gasteiger partial charge in [0.15, 0.2) is 0 Å². The Morgan fingerprint density at radius 2 is 1.96 bits per heavy atom. The molecule has 0 saturated carbocycles. The van der Waals surface area contributed by atoms with E-state index >= 15 is 0 Å². The van der Waals surface area contributed by atoms with Crippen molar-refractivity contribution in [3.8, 4) is 5.69 Å². The van der Waals surface area contributed by atoms with Crippen LogP contribution in [0, 0.1) is 0 Å². The van der Waals surface area contributed by atoms with Crippen LogP contribution in [0.5, 0.6) is 0 Å². The molecule has 6 heteroatoms. The minimum absolute atomic E-state index is 0.112. The van der Waals surface area contributed by atoms with Crippen LogP contribution in [-0.2, 0) is 6.42 Å². The summed E-state index contributed by atoms with van der Waals surface area (Å²) in [6, 6.07) is 12.3. The van der Waals surface area contributed by atoms with E-state index < -0.39 is 11.2 Å². The van der Waals surface area contributed by atoms with Crippen molar-refractivity contribution in [3.63, 3.8) is 0 Å². The molecule has 1 heterocycles. The maximum absolute atomic E-state index is 12.3. The van der Waals surface area contributed by atoms with Crippen molar-refractivity contribution in [2.45, 2.75) is 12.8 Å². The normalized spacial score (nSPS) is 11.0.